The van der Waals surface area contributed by atoms with Crippen molar-refractivity contribution < 1.29 is 9.13 Å². The lowest BCUT2D eigenvalue weighted by molar-refractivity contribution is 0.0827. The molecule has 3 aliphatic heterocycles. The molecule has 0 aliphatic carbocycles. The average Bonchev–Trinajstić information content (AvgIpc) is 3.55. The van der Waals surface area contributed by atoms with Crippen LogP contribution >= 0.6 is 22.9 Å². The average molecular weight is 507 g/mol. The number of halogens is 2. The van der Waals surface area contributed by atoms with Crippen LogP contribution in [-0.4, -0.2) is 47.6 Å². The lowest BCUT2D eigenvalue weighted by Crippen LogP contribution is -2.52. The summed E-state index contributed by atoms with van der Waals surface area (Å²) in [4.78, 5) is 14.2. The molecule has 0 radical (unpaired) electrons. The summed E-state index contributed by atoms with van der Waals surface area (Å²) in [6, 6.07) is 5.76. The van der Waals surface area contributed by atoms with Gasteiger partial charge >= 0.3 is 0 Å². The molecular formula is C25H20ClFN6OS. The van der Waals surface area contributed by atoms with E-state index in [2.05, 4.69) is 22.9 Å². The largest absolute Gasteiger partial charge is 0.389 e. The fraction of sp³-hybridized carbons (Fsp3) is 0.320. The number of nitriles is 1. The number of hydrogen-bond donors (Lipinski definition) is 1. The Hall–Kier alpha value is -3.03. The zero-order valence-corrected chi connectivity index (χ0v) is 20.4. The predicted octanol–water partition coefficient (Wildman–Crippen LogP) is 4.54. The van der Waals surface area contributed by atoms with E-state index in [9.17, 15) is 9.65 Å². The fourth-order valence-corrected chi connectivity index (χ4v) is 7.22. The highest BCUT2D eigenvalue weighted by Gasteiger charge is 2.44. The summed E-state index contributed by atoms with van der Waals surface area (Å²) in [5.41, 5.74) is 10.3. The third-order valence-electron chi connectivity index (χ3n) is 7.66. The summed E-state index contributed by atoms with van der Waals surface area (Å²) < 4.78 is 20.9. The Morgan fingerprint density at radius 1 is 1.26 bits per heavy atom. The third kappa shape index (κ3) is 2.88. The number of thiophene rings is 1. The SMILES string of the molecule is CN1C[C@@H]2CN(c3ncc4c5c(c(-c6ccc(F)c7sc(N)c(C#N)c67)c(Cl)c4n3)COC5)C[C@@H]21. The van der Waals surface area contributed by atoms with E-state index < -0.39 is 5.82 Å². The first-order valence-corrected chi connectivity index (χ1v) is 12.6. The van der Waals surface area contributed by atoms with Crippen LogP contribution in [0.3, 0.4) is 0 Å². The number of benzene rings is 2. The first-order valence-electron chi connectivity index (χ1n) is 11.4. The summed E-state index contributed by atoms with van der Waals surface area (Å²) >= 11 is 8.17. The van der Waals surface area contributed by atoms with Crippen LogP contribution in [0.25, 0.3) is 32.1 Å². The van der Waals surface area contributed by atoms with Crippen molar-refractivity contribution >= 4 is 54.9 Å². The van der Waals surface area contributed by atoms with Crippen LogP contribution in [-0.2, 0) is 18.0 Å². The van der Waals surface area contributed by atoms with Crippen molar-refractivity contribution in [3.63, 3.8) is 0 Å². The molecule has 0 bridgehead atoms. The number of likely N-dealkylation sites (tertiary alicyclic amines) is 1. The molecule has 3 aliphatic rings. The van der Waals surface area contributed by atoms with Gasteiger partial charge in [-0.05, 0) is 29.8 Å². The normalized spacial score (nSPS) is 21.4. The van der Waals surface area contributed by atoms with E-state index in [1.165, 1.54) is 6.07 Å². The fourth-order valence-electron chi connectivity index (χ4n) is 5.91. The molecule has 35 heavy (non-hydrogen) atoms. The number of nitrogens with zero attached hydrogens (tertiary/aromatic N) is 5. The number of anilines is 2. The molecule has 10 heteroatoms. The maximum absolute atomic E-state index is 14.7. The zero-order chi connectivity index (χ0) is 24.0. The molecule has 7 nitrogen and oxygen atoms in total. The van der Waals surface area contributed by atoms with Crippen molar-refractivity contribution in [2.45, 2.75) is 19.3 Å². The molecule has 2 N–H and O–H groups in total. The standard InChI is InChI=1S/C25H20ClFN6OS/c1-32-6-11-7-33(8-18(11)32)25-30-5-14-15-9-34-10-16(15)19(21(26)22(14)31-25)12-2-3-17(27)23-20(12)13(4-28)24(29)35-23/h2-3,5,11,18H,6-10,29H2,1H3/t11-,18+/m1/s1. The highest BCUT2D eigenvalue weighted by molar-refractivity contribution is 7.23. The van der Waals surface area contributed by atoms with Crippen LogP contribution in [0, 0.1) is 23.1 Å². The number of likely N-dealkylation sites (N-methyl/N-ethyl adjacent to an activating group) is 1. The van der Waals surface area contributed by atoms with E-state index in [-0.39, 0.29) is 10.6 Å². The van der Waals surface area contributed by atoms with E-state index >= 15 is 0 Å². The van der Waals surface area contributed by atoms with Gasteiger partial charge in [-0.2, -0.15) is 5.26 Å². The van der Waals surface area contributed by atoms with Gasteiger partial charge in [-0.15, -0.1) is 11.3 Å². The second kappa shape index (κ2) is 7.48. The molecule has 2 fully saturated rings. The van der Waals surface area contributed by atoms with Crippen LogP contribution in [0.1, 0.15) is 16.7 Å². The number of nitrogen functional groups attached to an aromatic ring is 1. The van der Waals surface area contributed by atoms with E-state index in [1.807, 2.05) is 6.20 Å². The molecule has 0 amide bonds. The molecule has 0 unspecified atom stereocenters. The molecule has 2 aromatic carbocycles. The number of hydrogen-bond acceptors (Lipinski definition) is 8. The van der Waals surface area contributed by atoms with Crippen molar-refractivity contribution in [1.29, 1.82) is 5.26 Å². The number of rotatable bonds is 2. The van der Waals surface area contributed by atoms with E-state index in [0.29, 0.717) is 57.3 Å². The number of fused-ring (bicyclic) bond motifs is 5. The molecular weight excluding hydrogens is 487 g/mol. The Kier molecular flexibility index (Phi) is 4.55. The van der Waals surface area contributed by atoms with Gasteiger partial charge in [0.2, 0.25) is 5.95 Å². The third-order valence-corrected chi connectivity index (χ3v) is 9.06. The monoisotopic (exact) mass is 506 g/mol. The summed E-state index contributed by atoms with van der Waals surface area (Å²) in [7, 11) is 2.15. The lowest BCUT2D eigenvalue weighted by atomic mass is 9.91. The highest BCUT2D eigenvalue weighted by Crippen LogP contribution is 2.48. The topological polar surface area (TPSA) is 91.3 Å². The summed E-state index contributed by atoms with van der Waals surface area (Å²) in [5.74, 6) is 0.887. The van der Waals surface area contributed by atoms with Crippen LogP contribution in [0.4, 0.5) is 15.3 Å². The molecule has 7 rings (SSSR count). The van der Waals surface area contributed by atoms with Gasteiger partial charge in [0.25, 0.3) is 0 Å². The van der Waals surface area contributed by atoms with Crippen molar-refractivity contribution in [2.24, 2.45) is 5.92 Å². The van der Waals surface area contributed by atoms with Gasteiger partial charge in [0.05, 0.1) is 34.0 Å². The van der Waals surface area contributed by atoms with E-state index in [4.69, 9.17) is 32.0 Å². The van der Waals surface area contributed by atoms with Crippen LogP contribution in [0.2, 0.25) is 5.02 Å². The first-order chi connectivity index (χ1) is 17.0. The van der Waals surface area contributed by atoms with Gasteiger partial charge in [-0.1, -0.05) is 17.7 Å². The molecule has 4 aromatic rings. The molecule has 5 heterocycles. The zero-order valence-electron chi connectivity index (χ0n) is 18.8. The van der Waals surface area contributed by atoms with E-state index in [1.54, 1.807) is 6.07 Å². The minimum absolute atomic E-state index is 0.267. The molecule has 0 spiro atoms. The quantitative estimate of drug-likeness (QED) is 0.427. The predicted molar refractivity (Wildman–Crippen MR) is 135 cm³/mol. The summed E-state index contributed by atoms with van der Waals surface area (Å²) in [6.07, 6.45) is 1.84. The molecule has 2 aromatic heterocycles. The molecule has 176 valence electrons. The van der Waals surface area contributed by atoms with Gasteiger partial charge in [-0.25, -0.2) is 14.4 Å². The van der Waals surface area contributed by atoms with Crippen molar-refractivity contribution in [1.82, 2.24) is 14.9 Å². The first kappa shape index (κ1) is 21.3. The molecule has 0 saturated carbocycles. The van der Waals surface area contributed by atoms with Gasteiger partial charge in [0, 0.05) is 54.1 Å². The Morgan fingerprint density at radius 3 is 2.86 bits per heavy atom. The molecule has 2 atom stereocenters. The van der Waals surface area contributed by atoms with Crippen LogP contribution in [0.5, 0.6) is 0 Å². The Balaban J connectivity index is 1.47. The van der Waals surface area contributed by atoms with Crippen molar-refractivity contribution in [2.75, 3.05) is 37.3 Å². The van der Waals surface area contributed by atoms with Gasteiger partial charge < -0.3 is 20.3 Å². The lowest BCUT2D eigenvalue weighted by Gasteiger charge is -2.40. The van der Waals surface area contributed by atoms with Crippen molar-refractivity contribution in [3.8, 4) is 17.2 Å². The number of ether oxygens (including phenoxy) is 1. The van der Waals surface area contributed by atoms with Crippen molar-refractivity contribution in [3.05, 3.63) is 45.9 Å². The van der Waals surface area contributed by atoms with Gasteiger partial charge in [-0.3, -0.25) is 0 Å². The van der Waals surface area contributed by atoms with Gasteiger partial charge in [0.1, 0.15) is 16.9 Å². The maximum atomic E-state index is 14.7. The Labute approximate surface area is 209 Å². The smallest absolute Gasteiger partial charge is 0.225 e. The van der Waals surface area contributed by atoms with Gasteiger partial charge in [0.15, 0.2) is 0 Å². The van der Waals surface area contributed by atoms with Crippen LogP contribution in [0.15, 0.2) is 18.3 Å². The maximum Gasteiger partial charge on any atom is 0.225 e. The second-order valence-electron chi connectivity index (χ2n) is 9.50. The van der Waals surface area contributed by atoms with Crippen LogP contribution < -0.4 is 10.6 Å². The Morgan fingerprint density at radius 2 is 2.09 bits per heavy atom. The molecule has 2 saturated heterocycles. The Bertz CT molecular complexity index is 1610. The van der Waals surface area contributed by atoms with E-state index in [0.717, 1.165) is 53.0 Å². The summed E-state index contributed by atoms with van der Waals surface area (Å²) in [6.45, 7) is 3.69. The summed E-state index contributed by atoms with van der Waals surface area (Å²) in [5, 5.41) is 11.9. The number of aromatic nitrogens is 2. The highest BCUT2D eigenvalue weighted by atomic mass is 35.5. The number of nitrogens with two attached hydrogens (primary N) is 1. The minimum Gasteiger partial charge on any atom is -0.389 e. The minimum atomic E-state index is -0.412. The second-order valence-corrected chi connectivity index (χ2v) is 10.9.